The summed E-state index contributed by atoms with van der Waals surface area (Å²) in [6.07, 6.45) is 0. The topological polar surface area (TPSA) is 65.0 Å². The highest BCUT2D eigenvalue weighted by Gasteiger charge is 2.39. The van der Waals surface area contributed by atoms with Crippen LogP contribution in [0.2, 0.25) is 0 Å². The van der Waals surface area contributed by atoms with E-state index in [9.17, 15) is 9.59 Å². The molecular weight excluding hydrogens is 476 g/mol. The SMILES string of the molecule is CNc1ccc(C(C)=O)cc1N=C1S/C(=C2\Sc3ccccc3N2C)C(=O)N1Cc1ccccc1. The fourth-order valence-corrected chi connectivity index (χ4v) is 6.32. The Balaban J connectivity index is 1.60. The first-order valence-corrected chi connectivity index (χ1v) is 12.8. The van der Waals surface area contributed by atoms with Crippen molar-refractivity contribution in [1.82, 2.24) is 4.90 Å². The quantitative estimate of drug-likeness (QED) is 0.337. The van der Waals surface area contributed by atoms with Crippen LogP contribution in [0.25, 0.3) is 0 Å². The van der Waals surface area contributed by atoms with Crippen molar-refractivity contribution < 1.29 is 9.59 Å². The van der Waals surface area contributed by atoms with E-state index in [1.54, 1.807) is 28.8 Å². The molecule has 1 saturated heterocycles. The standard InChI is InChI=1S/C27H24N4O2S2/c1-17(32)19-13-14-20(28-2)21(15-19)29-27-31(16-18-9-5-4-6-10-18)25(33)24(35-27)26-30(3)22-11-7-8-12-23(22)34-26/h4-15,28H,16H2,1-3H3/b26-24-,29-27?. The van der Waals surface area contributed by atoms with Gasteiger partial charge in [0.15, 0.2) is 11.0 Å². The molecule has 0 spiro atoms. The molecule has 3 aromatic rings. The van der Waals surface area contributed by atoms with Gasteiger partial charge in [0, 0.05) is 24.6 Å². The molecule has 6 nitrogen and oxygen atoms in total. The van der Waals surface area contributed by atoms with E-state index in [0.717, 1.165) is 26.9 Å². The second kappa shape index (κ2) is 9.64. The maximum Gasteiger partial charge on any atom is 0.269 e. The highest BCUT2D eigenvalue weighted by atomic mass is 32.2. The molecule has 0 radical (unpaired) electrons. The van der Waals surface area contributed by atoms with Gasteiger partial charge in [-0.25, -0.2) is 4.99 Å². The third kappa shape index (κ3) is 4.47. The Morgan fingerprint density at radius 2 is 1.74 bits per heavy atom. The van der Waals surface area contributed by atoms with E-state index in [-0.39, 0.29) is 11.7 Å². The van der Waals surface area contributed by atoms with Gasteiger partial charge in [-0.15, -0.1) is 0 Å². The van der Waals surface area contributed by atoms with Gasteiger partial charge in [-0.05, 0) is 54.6 Å². The lowest BCUT2D eigenvalue weighted by Gasteiger charge is -2.17. The van der Waals surface area contributed by atoms with Crippen molar-refractivity contribution in [3.8, 4) is 0 Å². The third-order valence-electron chi connectivity index (χ3n) is 5.87. The largest absolute Gasteiger partial charge is 0.386 e. The number of para-hydroxylation sites is 1. The van der Waals surface area contributed by atoms with Crippen LogP contribution in [0.3, 0.4) is 0 Å². The fraction of sp³-hybridized carbons (Fsp3) is 0.148. The minimum atomic E-state index is -0.0755. The Kier molecular flexibility index (Phi) is 6.40. The van der Waals surface area contributed by atoms with E-state index < -0.39 is 0 Å². The first kappa shape index (κ1) is 23.3. The summed E-state index contributed by atoms with van der Waals surface area (Å²) < 4.78 is 0. The summed E-state index contributed by atoms with van der Waals surface area (Å²) in [4.78, 5) is 36.3. The smallest absolute Gasteiger partial charge is 0.269 e. The van der Waals surface area contributed by atoms with Crippen molar-refractivity contribution in [1.29, 1.82) is 0 Å². The van der Waals surface area contributed by atoms with Crippen LogP contribution in [0.4, 0.5) is 17.1 Å². The highest BCUT2D eigenvalue weighted by molar-refractivity contribution is 8.19. The predicted molar refractivity (Wildman–Crippen MR) is 145 cm³/mol. The van der Waals surface area contributed by atoms with E-state index in [1.165, 1.54) is 18.7 Å². The van der Waals surface area contributed by atoms with Crippen molar-refractivity contribution in [2.75, 3.05) is 24.3 Å². The van der Waals surface area contributed by atoms with E-state index in [2.05, 4.69) is 22.3 Å². The highest BCUT2D eigenvalue weighted by Crippen LogP contribution is 2.50. The number of nitrogens with one attached hydrogen (secondary N) is 1. The molecule has 0 aromatic heterocycles. The summed E-state index contributed by atoms with van der Waals surface area (Å²) in [6, 6.07) is 23.4. The van der Waals surface area contributed by atoms with Gasteiger partial charge in [0.25, 0.3) is 5.91 Å². The summed E-state index contributed by atoms with van der Waals surface area (Å²) in [5.41, 5.74) is 4.08. The zero-order chi connectivity index (χ0) is 24.5. The molecular formula is C27H24N4O2S2. The molecule has 5 rings (SSSR count). The molecule has 1 fully saturated rings. The van der Waals surface area contributed by atoms with Crippen LogP contribution < -0.4 is 10.2 Å². The van der Waals surface area contributed by atoms with Crippen LogP contribution in [0.5, 0.6) is 0 Å². The number of rotatable bonds is 5. The number of hydrogen-bond acceptors (Lipinski definition) is 7. The first-order valence-electron chi connectivity index (χ1n) is 11.2. The average molecular weight is 501 g/mol. The van der Waals surface area contributed by atoms with E-state index in [0.29, 0.717) is 27.9 Å². The van der Waals surface area contributed by atoms with Crippen molar-refractivity contribution in [2.24, 2.45) is 4.99 Å². The molecule has 8 heteroatoms. The Hall–Kier alpha value is -3.49. The number of aliphatic imine (C=N–C) groups is 1. The molecule has 0 aliphatic carbocycles. The predicted octanol–water partition coefficient (Wildman–Crippen LogP) is 6.11. The minimum Gasteiger partial charge on any atom is -0.386 e. The number of nitrogens with zero attached hydrogens (tertiary/aromatic N) is 3. The Morgan fingerprint density at radius 1 is 1.00 bits per heavy atom. The number of anilines is 2. The number of amides is 1. The van der Waals surface area contributed by atoms with Crippen molar-refractivity contribution in [3.05, 3.63) is 93.9 Å². The van der Waals surface area contributed by atoms with Crippen LogP contribution in [0, 0.1) is 0 Å². The molecule has 0 bridgehead atoms. The summed E-state index contributed by atoms with van der Waals surface area (Å²) in [7, 11) is 3.80. The molecule has 2 aliphatic heterocycles. The molecule has 176 valence electrons. The van der Waals surface area contributed by atoms with Gasteiger partial charge in [0.1, 0.15) is 4.91 Å². The number of fused-ring (bicyclic) bond motifs is 1. The van der Waals surface area contributed by atoms with E-state index >= 15 is 0 Å². The van der Waals surface area contributed by atoms with Gasteiger partial charge in [-0.3, -0.25) is 14.5 Å². The molecule has 3 aromatic carbocycles. The molecule has 2 aliphatic rings. The molecule has 35 heavy (non-hydrogen) atoms. The maximum absolute atomic E-state index is 13.8. The zero-order valence-electron chi connectivity index (χ0n) is 19.6. The number of carbonyl (C=O) groups is 2. The molecule has 2 heterocycles. The fourth-order valence-electron chi connectivity index (χ4n) is 3.98. The normalized spacial score (nSPS) is 18.4. The number of benzene rings is 3. The number of ketones is 1. The van der Waals surface area contributed by atoms with Gasteiger partial charge >= 0.3 is 0 Å². The second-order valence-electron chi connectivity index (χ2n) is 8.17. The number of hydrogen-bond donors (Lipinski definition) is 1. The molecule has 0 atom stereocenters. The third-order valence-corrected chi connectivity index (χ3v) is 8.30. The van der Waals surface area contributed by atoms with Crippen LogP contribution in [0.15, 0.2) is 92.6 Å². The van der Waals surface area contributed by atoms with E-state index in [1.807, 2.05) is 62.6 Å². The summed E-state index contributed by atoms with van der Waals surface area (Å²) >= 11 is 2.98. The number of thioether (sulfide) groups is 2. The van der Waals surface area contributed by atoms with Crippen LogP contribution in [0.1, 0.15) is 22.8 Å². The molecule has 0 saturated carbocycles. The zero-order valence-corrected chi connectivity index (χ0v) is 21.2. The first-order chi connectivity index (χ1) is 17.0. The average Bonchev–Trinajstić information content (AvgIpc) is 3.36. The Morgan fingerprint density at radius 3 is 2.46 bits per heavy atom. The molecule has 1 N–H and O–H groups in total. The number of carbonyl (C=O) groups excluding carboxylic acids is 2. The Bertz CT molecular complexity index is 1380. The molecule has 0 unspecified atom stereocenters. The number of Topliss-reactive ketones (excluding diaryl/α,β-unsaturated/α-hetero) is 1. The second-order valence-corrected chi connectivity index (χ2v) is 10.2. The summed E-state index contributed by atoms with van der Waals surface area (Å²) in [6.45, 7) is 1.94. The van der Waals surface area contributed by atoms with Crippen molar-refractivity contribution >= 4 is 57.4 Å². The van der Waals surface area contributed by atoms with Gasteiger partial charge < -0.3 is 10.2 Å². The van der Waals surface area contributed by atoms with Gasteiger partial charge in [0.2, 0.25) is 0 Å². The lowest BCUT2D eigenvalue weighted by molar-refractivity contribution is -0.122. The number of amidine groups is 1. The summed E-state index contributed by atoms with van der Waals surface area (Å²) in [5.74, 6) is -0.108. The lowest BCUT2D eigenvalue weighted by atomic mass is 10.1. The molecule has 1 amide bonds. The van der Waals surface area contributed by atoms with E-state index in [4.69, 9.17) is 4.99 Å². The van der Waals surface area contributed by atoms with Gasteiger partial charge in [-0.2, -0.15) is 0 Å². The van der Waals surface area contributed by atoms with Gasteiger partial charge in [-0.1, -0.05) is 54.2 Å². The van der Waals surface area contributed by atoms with Crippen LogP contribution >= 0.6 is 23.5 Å². The van der Waals surface area contributed by atoms with Crippen LogP contribution in [-0.4, -0.2) is 35.9 Å². The summed E-state index contributed by atoms with van der Waals surface area (Å²) in [5, 5.41) is 4.63. The van der Waals surface area contributed by atoms with Gasteiger partial charge in [0.05, 0.1) is 28.6 Å². The Labute approximate surface area is 213 Å². The van der Waals surface area contributed by atoms with Crippen molar-refractivity contribution in [2.45, 2.75) is 18.4 Å². The lowest BCUT2D eigenvalue weighted by Crippen LogP contribution is -2.29. The van der Waals surface area contributed by atoms with Crippen LogP contribution in [-0.2, 0) is 11.3 Å². The van der Waals surface area contributed by atoms with Crippen molar-refractivity contribution in [3.63, 3.8) is 0 Å². The monoisotopic (exact) mass is 500 g/mol. The minimum absolute atomic E-state index is 0.0325. The maximum atomic E-state index is 13.8.